The van der Waals surface area contributed by atoms with Gasteiger partial charge in [0.05, 0.1) is 18.1 Å². The number of rotatable bonds is 5. The van der Waals surface area contributed by atoms with E-state index in [0.29, 0.717) is 32.1 Å². The monoisotopic (exact) mass is 455 g/mol. The molecule has 0 bridgehead atoms. The van der Waals surface area contributed by atoms with Crippen LogP contribution in [-0.4, -0.2) is 60.0 Å². The number of ether oxygens (including phenoxy) is 3. The van der Waals surface area contributed by atoms with Gasteiger partial charge in [-0.15, -0.1) is 0 Å². The molecule has 0 radical (unpaired) electrons. The van der Waals surface area contributed by atoms with E-state index in [1.165, 1.54) is 12.1 Å². The van der Waals surface area contributed by atoms with Crippen LogP contribution in [0.4, 0.5) is 16.2 Å². The van der Waals surface area contributed by atoms with Gasteiger partial charge in [0, 0.05) is 31.6 Å². The Morgan fingerprint density at radius 1 is 1.32 bits per heavy atom. The third-order valence-electron chi connectivity index (χ3n) is 5.13. The van der Waals surface area contributed by atoms with Crippen molar-refractivity contribution in [3.05, 3.63) is 27.3 Å². The van der Waals surface area contributed by atoms with Gasteiger partial charge < -0.3 is 24.4 Å². The number of halogens is 1. The number of nitro benzene ring substituents is 1. The first-order chi connectivity index (χ1) is 14.6. The van der Waals surface area contributed by atoms with E-state index < -0.39 is 10.5 Å². The number of carbonyl (C=O) groups excluding carboxylic acids is 1. The van der Waals surface area contributed by atoms with Crippen LogP contribution in [-0.2, 0) is 9.47 Å². The van der Waals surface area contributed by atoms with Crippen LogP contribution >= 0.6 is 11.6 Å². The zero-order chi connectivity index (χ0) is 22.6. The molecule has 172 valence electrons. The van der Waals surface area contributed by atoms with Gasteiger partial charge in [0.2, 0.25) is 0 Å². The molecular weight excluding hydrogens is 426 g/mol. The molecule has 0 unspecified atom stereocenters. The molecular formula is C21H30ClN3O6. The molecule has 2 aliphatic rings. The van der Waals surface area contributed by atoms with Crippen molar-refractivity contribution >= 4 is 29.1 Å². The molecule has 0 aliphatic carbocycles. The Hall–Kier alpha value is -2.26. The normalized spacial score (nSPS) is 22.0. The first-order valence-electron chi connectivity index (χ1n) is 10.6. The van der Waals surface area contributed by atoms with E-state index in [0.717, 1.165) is 25.7 Å². The van der Waals surface area contributed by atoms with Crippen LogP contribution in [0.3, 0.4) is 0 Å². The van der Waals surface area contributed by atoms with Gasteiger partial charge >= 0.3 is 6.09 Å². The molecule has 1 aromatic carbocycles. The number of hydrogen-bond acceptors (Lipinski definition) is 7. The van der Waals surface area contributed by atoms with E-state index in [9.17, 15) is 14.9 Å². The summed E-state index contributed by atoms with van der Waals surface area (Å²) in [4.78, 5) is 25.4. The van der Waals surface area contributed by atoms with Gasteiger partial charge in [-0.2, -0.15) is 0 Å². The van der Waals surface area contributed by atoms with E-state index in [2.05, 4.69) is 5.32 Å². The van der Waals surface area contributed by atoms with Crippen molar-refractivity contribution in [1.29, 1.82) is 0 Å². The molecule has 0 spiro atoms. The Labute approximate surface area is 187 Å². The highest BCUT2D eigenvalue weighted by Crippen LogP contribution is 2.41. The highest BCUT2D eigenvalue weighted by molar-refractivity contribution is 6.35. The molecule has 10 heteroatoms. The minimum Gasteiger partial charge on any atom is -0.486 e. The molecule has 9 nitrogen and oxygen atoms in total. The zero-order valence-corrected chi connectivity index (χ0v) is 18.9. The maximum Gasteiger partial charge on any atom is 0.410 e. The fraction of sp³-hybridized carbons (Fsp3) is 0.667. The second-order valence-corrected chi connectivity index (χ2v) is 9.27. The molecule has 3 rings (SSSR count). The van der Waals surface area contributed by atoms with Crippen molar-refractivity contribution in [3.63, 3.8) is 0 Å². The summed E-state index contributed by atoms with van der Waals surface area (Å²) in [5.41, 5.74) is -0.517. The van der Waals surface area contributed by atoms with Crippen molar-refractivity contribution in [2.24, 2.45) is 0 Å². The topological polar surface area (TPSA) is 103 Å². The predicted molar refractivity (Wildman–Crippen MR) is 117 cm³/mol. The van der Waals surface area contributed by atoms with Crippen LogP contribution in [0.25, 0.3) is 0 Å². The number of carbonyl (C=O) groups is 1. The molecule has 2 heterocycles. The number of likely N-dealkylation sites (tertiary alicyclic amines) is 1. The fourth-order valence-corrected chi connectivity index (χ4v) is 3.93. The minimum atomic E-state index is -0.593. The van der Waals surface area contributed by atoms with Crippen LogP contribution in [0.15, 0.2) is 12.1 Å². The van der Waals surface area contributed by atoms with Gasteiger partial charge in [-0.05, 0) is 46.1 Å². The summed E-state index contributed by atoms with van der Waals surface area (Å²) in [6, 6.07) is 2.70. The zero-order valence-electron chi connectivity index (χ0n) is 18.2. The van der Waals surface area contributed by atoms with Crippen molar-refractivity contribution in [3.8, 4) is 5.75 Å². The van der Waals surface area contributed by atoms with E-state index in [1.54, 1.807) is 4.90 Å². The number of nitrogens with zero attached hydrogens (tertiary/aromatic N) is 2. The van der Waals surface area contributed by atoms with Crippen molar-refractivity contribution in [2.45, 2.75) is 64.2 Å². The molecule has 31 heavy (non-hydrogen) atoms. The molecule has 1 N–H and O–H groups in total. The maximum absolute atomic E-state index is 12.6. The summed E-state index contributed by atoms with van der Waals surface area (Å²) < 4.78 is 16.7. The summed E-state index contributed by atoms with van der Waals surface area (Å²) in [6.07, 6.45) is 2.67. The van der Waals surface area contributed by atoms with Crippen LogP contribution in [0.5, 0.6) is 5.75 Å². The summed E-state index contributed by atoms with van der Waals surface area (Å²) in [6.45, 7) is 7.48. The van der Waals surface area contributed by atoms with Crippen LogP contribution in [0.2, 0.25) is 5.02 Å². The second kappa shape index (κ2) is 9.91. The highest BCUT2D eigenvalue weighted by atomic mass is 35.5. The highest BCUT2D eigenvalue weighted by Gasteiger charge is 2.30. The number of benzene rings is 1. The molecule has 2 aliphatic heterocycles. The van der Waals surface area contributed by atoms with Gasteiger partial charge in [0.25, 0.3) is 5.69 Å². The fourth-order valence-electron chi connectivity index (χ4n) is 3.67. The minimum absolute atomic E-state index is 0.131. The third kappa shape index (κ3) is 6.36. The maximum atomic E-state index is 12.6. The molecule has 2 saturated heterocycles. The Morgan fingerprint density at radius 3 is 2.74 bits per heavy atom. The van der Waals surface area contributed by atoms with E-state index in [-0.39, 0.29) is 34.6 Å². The Kier molecular flexibility index (Phi) is 7.48. The summed E-state index contributed by atoms with van der Waals surface area (Å²) >= 11 is 6.54. The van der Waals surface area contributed by atoms with Crippen LogP contribution < -0.4 is 10.1 Å². The van der Waals surface area contributed by atoms with E-state index in [1.807, 2.05) is 20.8 Å². The summed E-state index contributed by atoms with van der Waals surface area (Å²) in [7, 11) is 0. The smallest absolute Gasteiger partial charge is 0.410 e. The number of anilines is 1. The van der Waals surface area contributed by atoms with E-state index in [4.69, 9.17) is 25.8 Å². The van der Waals surface area contributed by atoms with Gasteiger partial charge in [-0.1, -0.05) is 11.6 Å². The Morgan fingerprint density at radius 2 is 2.10 bits per heavy atom. The average molecular weight is 456 g/mol. The van der Waals surface area contributed by atoms with Crippen molar-refractivity contribution in [2.75, 3.05) is 31.6 Å². The third-order valence-corrected chi connectivity index (χ3v) is 5.51. The Bertz CT molecular complexity index is 807. The lowest BCUT2D eigenvalue weighted by molar-refractivity contribution is -0.384. The SMILES string of the molecule is CC(C)(C)OC(=O)N1CCCC[C@@H](Nc2c([N+](=O)[O-])ccc(O[C@@H]3CCOC3)c2Cl)C1. The van der Waals surface area contributed by atoms with Crippen LogP contribution in [0.1, 0.15) is 46.5 Å². The standard InChI is InChI=1S/C21H30ClN3O6/c1-21(2,3)31-20(26)24-10-5-4-6-14(12-24)23-19-16(25(27)28)7-8-17(18(19)22)30-15-9-11-29-13-15/h7-8,14-15,23H,4-6,9-13H2,1-3H3/t14-,15-/m1/s1. The quantitative estimate of drug-likeness (QED) is 0.510. The predicted octanol–water partition coefficient (Wildman–Crippen LogP) is 4.62. The van der Waals surface area contributed by atoms with Crippen molar-refractivity contribution < 1.29 is 23.9 Å². The van der Waals surface area contributed by atoms with Crippen molar-refractivity contribution in [1.82, 2.24) is 4.90 Å². The molecule has 2 fully saturated rings. The number of nitro groups is 1. The van der Waals surface area contributed by atoms with Crippen LogP contribution in [0, 0.1) is 10.1 Å². The van der Waals surface area contributed by atoms with Gasteiger partial charge in [0.1, 0.15) is 28.2 Å². The number of nitrogens with one attached hydrogen (secondary N) is 1. The molecule has 0 saturated carbocycles. The van der Waals surface area contributed by atoms with Gasteiger partial charge in [-0.25, -0.2) is 4.79 Å². The number of hydrogen-bond donors (Lipinski definition) is 1. The molecule has 1 aromatic rings. The largest absolute Gasteiger partial charge is 0.486 e. The molecule has 1 amide bonds. The lowest BCUT2D eigenvalue weighted by atomic mass is 10.1. The van der Waals surface area contributed by atoms with Gasteiger partial charge in [-0.3, -0.25) is 10.1 Å². The lowest BCUT2D eigenvalue weighted by Gasteiger charge is -2.29. The summed E-state index contributed by atoms with van der Waals surface area (Å²) in [5, 5.41) is 15.0. The molecule has 2 atom stereocenters. The Balaban J connectivity index is 1.80. The first kappa shape index (κ1) is 23.4. The lowest BCUT2D eigenvalue weighted by Crippen LogP contribution is -2.42. The van der Waals surface area contributed by atoms with Gasteiger partial charge in [0.15, 0.2) is 0 Å². The van der Waals surface area contributed by atoms with E-state index >= 15 is 0 Å². The molecule has 0 aromatic heterocycles. The average Bonchev–Trinajstić information content (AvgIpc) is 3.07. The second-order valence-electron chi connectivity index (χ2n) is 8.90. The first-order valence-corrected chi connectivity index (χ1v) is 11.0. The summed E-state index contributed by atoms with van der Waals surface area (Å²) in [5.74, 6) is 0.378. The number of amides is 1.